The lowest BCUT2D eigenvalue weighted by Crippen LogP contribution is -2.27. The Morgan fingerprint density at radius 1 is 1.24 bits per heavy atom. The standard InChI is InChI=1S/C17H18N2O2/c1-17(15-11-19-16(18)21-15)10-13(8-9-14(17)20-2)12-6-4-3-5-7-12/h3-9,11H,10H2,1-2H3,(H2,18,19). The molecule has 0 fully saturated rings. The Morgan fingerprint density at radius 3 is 2.62 bits per heavy atom. The maximum Gasteiger partial charge on any atom is 0.292 e. The number of benzene rings is 1. The quantitative estimate of drug-likeness (QED) is 0.935. The molecule has 2 N–H and O–H groups in total. The van der Waals surface area contributed by atoms with E-state index in [1.54, 1.807) is 13.3 Å². The van der Waals surface area contributed by atoms with Crippen LogP contribution in [0.2, 0.25) is 0 Å². The van der Waals surface area contributed by atoms with Crippen molar-refractivity contribution < 1.29 is 9.15 Å². The lowest BCUT2D eigenvalue weighted by Gasteiger charge is -2.32. The van der Waals surface area contributed by atoms with Crippen LogP contribution in [0.5, 0.6) is 0 Å². The van der Waals surface area contributed by atoms with Crippen LogP contribution in [0.15, 0.2) is 58.9 Å². The number of aromatic nitrogens is 1. The first-order chi connectivity index (χ1) is 10.1. The zero-order valence-electron chi connectivity index (χ0n) is 12.2. The Bertz CT molecular complexity index is 701. The van der Waals surface area contributed by atoms with Crippen LogP contribution in [0, 0.1) is 0 Å². The fourth-order valence-corrected chi connectivity index (χ4v) is 2.78. The number of anilines is 1. The number of nitrogens with zero attached hydrogens (tertiary/aromatic N) is 1. The van der Waals surface area contributed by atoms with E-state index in [9.17, 15) is 0 Å². The number of oxazole rings is 1. The predicted molar refractivity (Wildman–Crippen MR) is 82.4 cm³/mol. The van der Waals surface area contributed by atoms with Gasteiger partial charge in [-0.1, -0.05) is 36.4 Å². The number of methoxy groups -OCH3 is 1. The van der Waals surface area contributed by atoms with Crippen molar-refractivity contribution >= 4 is 11.6 Å². The molecule has 1 aromatic heterocycles. The second-order valence-corrected chi connectivity index (χ2v) is 5.36. The highest BCUT2D eigenvalue weighted by Crippen LogP contribution is 2.44. The molecule has 4 heteroatoms. The molecule has 0 radical (unpaired) electrons. The Kier molecular flexibility index (Phi) is 3.29. The van der Waals surface area contributed by atoms with Crippen molar-refractivity contribution in [2.45, 2.75) is 18.8 Å². The largest absolute Gasteiger partial charge is 0.500 e. The lowest BCUT2D eigenvalue weighted by molar-refractivity contribution is 0.211. The number of hydrogen-bond donors (Lipinski definition) is 1. The molecular weight excluding hydrogens is 264 g/mol. The van der Waals surface area contributed by atoms with E-state index in [0.717, 1.165) is 17.9 Å². The highest BCUT2D eigenvalue weighted by Gasteiger charge is 2.39. The van der Waals surface area contributed by atoms with Gasteiger partial charge in [-0.25, -0.2) is 4.98 Å². The van der Waals surface area contributed by atoms with Gasteiger partial charge >= 0.3 is 0 Å². The zero-order valence-corrected chi connectivity index (χ0v) is 12.2. The molecule has 3 rings (SSSR count). The van der Waals surface area contributed by atoms with Crippen molar-refractivity contribution in [3.63, 3.8) is 0 Å². The van der Waals surface area contributed by atoms with Crippen LogP contribution in [0.1, 0.15) is 24.7 Å². The van der Waals surface area contributed by atoms with E-state index in [1.165, 1.54) is 11.1 Å². The average molecular weight is 282 g/mol. The van der Waals surface area contributed by atoms with Crippen LogP contribution in [0.25, 0.3) is 5.57 Å². The maximum absolute atomic E-state index is 5.62. The summed E-state index contributed by atoms with van der Waals surface area (Å²) in [5.41, 5.74) is 7.65. The SMILES string of the molecule is COC1=CC=C(c2ccccc2)CC1(C)c1cnc(N)o1. The molecule has 0 bridgehead atoms. The van der Waals surface area contributed by atoms with E-state index in [-0.39, 0.29) is 6.01 Å². The van der Waals surface area contributed by atoms with Gasteiger partial charge in [0.05, 0.1) is 18.7 Å². The number of nitrogen functional groups attached to an aromatic ring is 1. The highest BCUT2D eigenvalue weighted by molar-refractivity contribution is 5.70. The molecule has 0 spiro atoms. The van der Waals surface area contributed by atoms with Crippen molar-refractivity contribution in [3.8, 4) is 0 Å². The number of rotatable bonds is 3. The van der Waals surface area contributed by atoms with E-state index in [0.29, 0.717) is 0 Å². The summed E-state index contributed by atoms with van der Waals surface area (Å²) in [6.07, 6.45) is 6.53. The number of hydrogen-bond acceptors (Lipinski definition) is 4. The van der Waals surface area contributed by atoms with Crippen LogP contribution in [0.4, 0.5) is 6.01 Å². The molecule has 108 valence electrons. The smallest absolute Gasteiger partial charge is 0.292 e. The molecule has 1 aromatic carbocycles. The molecule has 1 aliphatic rings. The number of nitrogens with two attached hydrogens (primary N) is 1. The molecular formula is C17H18N2O2. The van der Waals surface area contributed by atoms with Gasteiger partial charge in [-0.15, -0.1) is 0 Å². The van der Waals surface area contributed by atoms with Gasteiger partial charge in [0.25, 0.3) is 6.01 Å². The van der Waals surface area contributed by atoms with E-state index >= 15 is 0 Å². The first-order valence-electron chi connectivity index (χ1n) is 6.86. The minimum absolute atomic E-state index is 0.178. The fraction of sp³-hybridized carbons (Fsp3) is 0.235. The Morgan fingerprint density at radius 2 is 2.00 bits per heavy atom. The van der Waals surface area contributed by atoms with Crippen LogP contribution >= 0.6 is 0 Å². The molecule has 0 saturated heterocycles. The summed E-state index contributed by atoms with van der Waals surface area (Å²) < 4.78 is 11.1. The third kappa shape index (κ3) is 2.33. The number of allylic oxidation sites excluding steroid dienone is 4. The molecule has 2 aromatic rings. The fourth-order valence-electron chi connectivity index (χ4n) is 2.78. The van der Waals surface area contributed by atoms with Gasteiger partial charge in [-0.3, -0.25) is 0 Å². The molecule has 1 aliphatic carbocycles. The molecule has 1 heterocycles. The van der Waals surface area contributed by atoms with E-state index in [4.69, 9.17) is 14.9 Å². The molecule has 0 saturated carbocycles. The normalized spacial score (nSPS) is 21.6. The molecule has 1 unspecified atom stereocenters. The summed E-state index contributed by atoms with van der Waals surface area (Å²) in [6, 6.07) is 10.5. The summed E-state index contributed by atoms with van der Waals surface area (Å²) >= 11 is 0. The average Bonchev–Trinajstić information content (AvgIpc) is 2.95. The summed E-state index contributed by atoms with van der Waals surface area (Å²) in [6.45, 7) is 2.08. The molecule has 0 aliphatic heterocycles. The summed E-state index contributed by atoms with van der Waals surface area (Å²) in [4.78, 5) is 4.01. The number of ether oxygens (including phenoxy) is 1. The van der Waals surface area contributed by atoms with Gasteiger partial charge in [0.2, 0.25) is 0 Å². The Labute approximate surface area is 123 Å². The second-order valence-electron chi connectivity index (χ2n) is 5.36. The summed E-state index contributed by atoms with van der Waals surface area (Å²) in [5, 5.41) is 0. The molecule has 21 heavy (non-hydrogen) atoms. The minimum Gasteiger partial charge on any atom is -0.500 e. The van der Waals surface area contributed by atoms with Gasteiger partial charge in [-0.2, -0.15) is 0 Å². The lowest BCUT2D eigenvalue weighted by atomic mass is 9.75. The Balaban J connectivity index is 2.03. The Hall–Kier alpha value is -2.49. The summed E-state index contributed by atoms with van der Waals surface area (Å²) in [7, 11) is 1.67. The first kappa shape index (κ1) is 13.5. The molecule has 4 nitrogen and oxygen atoms in total. The van der Waals surface area contributed by atoms with Crippen LogP contribution < -0.4 is 5.73 Å². The second kappa shape index (κ2) is 5.13. The van der Waals surface area contributed by atoms with Crippen molar-refractivity contribution in [1.82, 2.24) is 4.98 Å². The summed E-state index contributed by atoms with van der Waals surface area (Å²) in [5.74, 6) is 1.56. The van der Waals surface area contributed by atoms with Gasteiger partial charge in [-0.05, 0) is 30.6 Å². The van der Waals surface area contributed by atoms with Gasteiger partial charge in [0, 0.05) is 0 Å². The zero-order chi connectivity index (χ0) is 14.9. The monoisotopic (exact) mass is 282 g/mol. The molecule has 0 amide bonds. The highest BCUT2D eigenvalue weighted by atomic mass is 16.5. The molecule has 1 atom stereocenters. The topological polar surface area (TPSA) is 61.3 Å². The maximum atomic E-state index is 5.62. The minimum atomic E-state index is -0.403. The van der Waals surface area contributed by atoms with Crippen molar-refractivity contribution in [2.75, 3.05) is 12.8 Å². The third-order valence-corrected chi connectivity index (χ3v) is 3.96. The van der Waals surface area contributed by atoms with Crippen LogP contribution in [-0.4, -0.2) is 12.1 Å². The predicted octanol–water partition coefficient (Wildman–Crippen LogP) is 3.53. The van der Waals surface area contributed by atoms with Crippen molar-refractivity contribution in [3.05, 3.63) is 65.8 Å². The van der Waals surface area contributed by atoms with E-state index in [1.807, 2.05) is 24.3 Å². The van der Waals surface area contributed by atoms with Gasteiger partial charge in [0.1, 0.15) is 11.5 Å². The van der Waals surface area contributed by atoms with E-state index in [2.05, 4.69) is 30.1 Å². The van der Waals surface area contributed by atoms with E-state index < -0.39 is 5.41 Å². The van der Waals surface area contributed by atoms with Crippen molar-refractivity contribution in [2.24, 2.45) is 0 Å². The third-order valence-electron chi connectivity index (χ3n) is 3.96. The van der Waals surface area contributed by atoms with Crippen LogP contribution in [0.3, 0.4) is 0 Å². The van der Waals surface area contributed by atoms with Crippen molar-refractivity contribution in [1.29, 1.82) is 0 Å². The first-order valence-corrected chi connectivity index (χ1v) is 6.86. The van der Waals surface area contributed by atoms with Gasteiger partial charge in [0.15, 0.2) is 0 Å². The van der Waals surface area contributed by atoms with Gasteiger partial charge < -0.3 is 14.9 Å². The van der Waals surface area contributed by atoms with Crippen LogP contribution in [-0.2, 0) is 10.2 Å².